The zero-order chi connectivity index (χ0) is 13.0. The van der Waals surface area contributed by atoms with Gasteiger partial charge in [0.05, 0.1) is 0 Å². The van der Waals surface area contributed by atoms with Crippen molar-refractivity contribution in [3.05, 3.63) is 22.4 Å². The number of hydrogen-bond donors (Lipinski definition) is 0. The first-order valence-corrected chi connectivity index (χ1v) is 7.76. The Balaban J connectivity index is 1.76. The van der Waals surface area contributed by atoms with Crippen molar-refractivity contribution in [1.29, 1.82) is 0 Å². The minimum atomic E-state index is 0.280. The van der Waals surface area contributed by atoms with E-state index in [2.05, 4.69) is 36.4 Å². The molecule has 3 heteroatoms. The molecular weight excluding hydrogens is 242 g/mol. The molecule has 0 radical (unpaired) electrons. The van der Waals surface area contributed by atoms with Gasteiger partial charge in [0, 0.05) is 30.3 Å². The SMILES string of the molecule is CC1CCC(=O)C(CN(C)CCc2cccs2)C1. The van der Waals surface area contributed by atoms with Gasteiger partial charge in [0.15, 0.2) is 0 Å². The number of Topliss-reactive ketones (excluding diaryl/α,β-unsaturated/α-hetero) is 1. The Labute approximate surface area is 114 Å². The second-order valence-corrected chi connectivity index (χ2v) is 6.67. The van der Waals surface area contributed by atoms with Crippen molar-refractivity contribution < 1.29 is 4.79 Å². The smallest absolute Gasteiger partial charge is 0.137 e. The monoisotopic (exact) mass is 265 g/mol. The van der Waals surface area contributed by atoms with Crippen LogP contribution < -0.4 is 0 Å². The van der Waals surface area contributed by atoms with Crippen LogP contribution in [-0.2, 0) is 11.2 Å². The average Bonchev–Trinajstić information content (AvgIpc) is 2.84. The number of thiophene rings is 1. The summed E-state index contributed by atoms with van der Waals surface area (Å²) in [5, 5.41) is 2.13. The zero-order valence-corrected chi connectivity index (χ0v) is 12.2. The van der Waals surface area contributed by atoms with Gasteiger partial charge < -0.3 is 4.90 Å². The molecule has 0 aromatic carbocycles. The van der Waals surface area contributed by atoms with Crippen molar-refractivity contribution in [3.8, 4) is 0 Å². The molecule has 0 saturated heterocycles. The van der Waals surface area contributed by atoms with E-state index in [0.29, 0.717) is 5.78 Å². The first kappa shape index (κ1) is 13.8. The van der Waals surface area contributed by atoms with E-state index in [1.165, 1.54) is 4.88 Å². The lowest BCUT2D eigenvalue weighted by Gasteiger charge is -2.29. The van der Waals surface area contributed by atoms with Crippen molar-refractivity contribution in [2.75, 3.05) is 20.1 Å². The Morgan fingerprint density at radius 1 is 1.50 bits per heavy atom. The summed E-state index contributed by atoms with van der Waals surface area (Å²) in [6, 6.07) is 4.29. The lowest BCUT2D eigenvalue weighted by molar-refractivity contribution is -0.126. The summed E-state index contributed by atoms with van der Waals surface area (Å²) in [5.41, 5.74) is 0. The molecule has 0 amide bonds. The van der Waals surface area contributed by atoms with Crippen LogP contribution in [0.5, 0.6) is 0 Å². The van der Waals surface area contributed by atoms with Gasteiger partial charge in [0.25, 0.3) is 0 Å². The fourth-order valence-electron chi connectivity index (χ4n) is 2.73. The molecule has 1 aliphatic rings. The summed E-state index contributed by atoms with van der Waals surface area (Å²) in [5.74, 6) is 1.48. The van der Waals surface area contributed by atoms with Crippen molar-refractivity contribution in [1.82, 2.24) is 4.90 Å². The minimum Gasteiger partial charge on any atom is -0.305 e. The first-order chi connectivity index (χ1) is 8.65. The lowest BCUT2D eigenvalue weighted by atomic mass is 9.81. The van der Waals surface area contributed by atoms with Crippen molar-refractivity contribution >= 4 is 17.1 Å². The first-order valence-electron chi connectivity index (χ1n) is 6.89. The Kier molecular flexibility index (Phi) is 4.95. The molecule has 0 aliphatic heterocycles. The third-order valence-electron chi connectivity index (χ3n) is 3.88. The van der Waals surface area contributed by atoms with Gasteiger partial charge in [-0.25, -0.2) is 0 Å². The quantitative estimate of drug-likeness (QED) is 0.814. The Morgan fingerprint density at radius 3 is 3.06 bits per heavy atom. The normalized spacial score (nSPS) is 24.7. The molecule has 1 aromatic heterocycles. The number of rotatable bonds is 5. The Morgan fingerprint density at radius 2 is 2.33 bits per heavy atom. The maximum Gasteiger partial charge on any atom is 0.137 e. The van der Waals surface area contributed by atoms with E-state index in [9.17, 15) is 4.79 Å². The Bertz CT molecular complexity index is 374. The van der Waals surface area contributed by atoms with E-state index in [4.69, 9.17) is 0 Å². The highest BCUT2D eigenvalue weighted by Crippen LogP contribution is 2.26. The fraction of sp³-hybridized carbons (Fsp3) is 0.667. The van der Waals surface area contributed by atoms with Gasteiger partial charge in [-0.1, -0.05) is 13.0 Å². The standard InChI is InChI=1S/C15H23NOS/c1-12-5-6-15(17)13(10-12)11-16(2)8-7-14-4-3-9-18-14/h3-4,9,12-13H,5-8,10-11H2,1-2H3. The predicted molar refractivity (Wildman–Crippen MR) is 77.0 cm³/mol. The number of nitrogens with zero attached hydrogens (tertiary/aromatic N) is 1. The largest absolute Gasteiger partial charge is 0.305 e. The number of ketones is 1. The van der Waals surface area contributed by atoms with E-state index < -0.39 is 0 Å². The molecule has 18 heavy (non-hydrogen) atoms. The maximum absolute atomic E-state index is 11.9. The summed E-state index contributed by atoms with van der Waals surface area (Å²) in [7, 11) is 2.14. The van der Waals surface area contributed by atoms with E-state index in [0.717, 1.165) is 44.7 Å². The van der Waals surface area contributed by atoms with Gasteiger partial charge in [0.2, 0.25) is 0 Å². The second kappa shape index (κ2) is 6.48. The molecule has 1 saturated carbocycles. The van der Waals surface area contributed by atoms with Crippen LogP contribution in [0.1, 0.15) is 31.1 Å². The molecule has 1 aliphatic carbocycles. The van der Waals surface area contributed by atoms with Crippen LogP contribution in [0, 0.1) is 11.8 Å². The predicted octanol–water partition coefficient (Wildman–Crippen LogP) is 3.23. The van der Waals surface area contributed by atoms with E-state index >= 15 is 0 Å². The van der Waals surface area contributed by atoms with Crippen molar-refractivity contribution in [2.24, 2.45) is 11.8 Å². The zero-order valence-electron chi connectivity index (χ0n) is 11.4. The van der Waals surface area contributed by atoms with Gasteiger partial charge in [-0.2, -0.15) is 0 Å². The topological polar surface area (TPSA) is 20.3 Å². The molecule has 2 unspecified atom stereocenters. The molecule has 0 N–H and O–H groups in total. The molecule has 0 spiro atoms. The van der Waals surface area contributed by atoms with Crippen LogP contribution >= 0.6 is 11.3 Å². The highest BCUT2D eigenvalue weighted by molar-refractivity contribution is 7.09. The summed E-state index contributed by atoms with van der Waals surface area (Å²) < 4.78 is 0. The van der Waals surface area contributed by atoms with E-state index in [1.807, 2.05) is 11.3 Å². The van der Waals surface area contributed by atoms with Crippen LogP contribution in [0.3, 0.4) is 0 Å². The number of likely N-dealkylation sites (N-methyl/N-ethyl adjacent to an activating group) is 1. The number of carbonyl (C=O) groups excluding carboxylic acids is 1. The molecule has 2 nitrogen and oxygen atoms in total. The third-order valence-corrected chi connectivity index (χ3v) is 4.81. The van der Waals surface area contributed by atoms with Gasteiger partial charge in [-0.3, -0.25) is 4.79 Å². The number of hydrogen-bond acceptors (Lipinski definition) is 3. The Hall–Kier alpha value is -0.670. The fourth-order valence-corrected chi connectivity index (χ4v) is 3.43. The summed E-state index contributed by atoms with van der Waals surface area (Å²) in [6.45, 7) is 4.26. The highest BCUT2D eigenvalue weighted by atomic mass is 32.1. The van der Waals surface area contributed by atoms with Gasteiger partial charge in [-0.05, 0) is 43.7 Å². The average molecular weight is 265 g/mol. The van der Waals surface area contributed by atoms with Crippen LogP contribution in [0.2, 0.25) is 0 Å². The van der Waals surface area contributed by atoms with Gasteiger partial charge in [0.1, 0.15) is 5.78 Å². The third kappa shape index (κ3) is 3.92. The molecule has 2 rings (SSSR count). The van der Waals surface area contributed by atoms with Crippen molar-refractivity contribution in [3.63, 3.8) is 0 Å². The molecule has 1 aromatic rings. The molecule has 100 valence electrons. The minimum absolute atomic E-state index is 0.280. The molecule has 1 heterocycles. The van der Waals surface area contributed by atoms with E-state index in [1.54, 1.807) is 0 Å². The van der Waals surface area contributed by atoms with E-state index in [-0.39, 0.29) is 5.92 Å². The summed E-state index contributed by atoms with van der Waals surface area (Å²) in [6.07, 6.45) is 4.08. The lowest BCUT2D eigenvalue weighted by Crippen LogP contribution is -2.35. The highest BCUT2D eigenvalue weighted by Gasteiger charge is 2.27. The van der Waals surface area contributed by atoms with Gasteiger partial charge in [-0.15, -0.1) is 11.3 Å². The van der Waals surface area contributed by atoms with Crippen molar-refractivity contribution in [2.45, 2.75) is 32.6 Å². The van der Waals surface area contributed by atoms with Crippen LogP contribution in [0.15, 0.2) is 17.5 Å². The molecule has 0 bridgehead atoms. The second-order valence-electron chi connectivity index (χ2n) is 5.63. The van der Waals surface area contributed by atoms with Crippen LogP contribution in [0.25, 0.3) is 0 Å². The van der Waals surface area contributed by atoms with Gasteiger partial charge >= 0.3 is 0 Å². The summed E-state index contributed by atoms with van der Waals surface area (Å²) >= 11 is 1.82. The van der Waals surface area contributed by atoms with Crippen LogP contribution in [0.4, 0.5) is 0 Å². The molecule has 1 fully saturated rings. The molecule has 2 atom stereocenters. The number of carbonyl (C=O) groups is 1. The summed E-state index contributed by atoms with van der Waals surface area (Å²) in [4.78, 5) is 15.6. The van der Waals surface area contributed by atoms with Crippen LogP contribution in [-0.4, -0.2) is 30.8 Å². The maximum atomic E-state index is 11.9. The molecular formula is C15H23NOS.